The summed E-state index contributed by atoms with van der Waals surface area (Å²) in [6.45, 7) is 0. The van der Waals surface area contributed by atoms with Gasteiger partial charge in [-0.25, -0.2) is 13.8 Å². The first-order valence-electron chi connectivity index (χ1n) is 8.76. The van der Waals surface area contributed by atoms with Gasteiger partial charge in [-0.15, -0.1) is 0 Å². The second-order valence-electron chi connectivity index (χ2n) is 6.88. The SMILES string of the molecule is Fc1cccc(-c2cc(C3CCC(NSNC4CC4)CC3)[nH]n2)c1. The van der Waals surface area contributed by atoms with Gasteiger partial charge in [0, 0.05) is 41.4 Å². The van der Waals surface area contributed by atoms with Gasteiger partial charge < -0.3 is 0 Å². The second kappa shape index (κ2) is 7.25. The molecule has 0 bridgehead atoms. The van der Waals surface area contributed by atoms with Crippen molar-refractivity contribution in [3.63, 3.8) is 0 Å². The normalized spacial score (nSPS) is 24.2. The molecule has 0 amide bonds. The zero-order valence-electron chi connectivity index (χ0n) is 13.6. The highest BCUT2D eigenvalue weighted by atomic mass is 32.2. The Morgan fingerprint density at radius 3 is 2.38 bits per heavy atom. The Bertz CT molecular complexity index is 677. The van der Waals surface area contributed by atoms with Crippen molar-refractivity contribution in [3.05, 3.63) is 41.8 Å². The standard InChI is InChI=1S/C18H23FN4S/c19-14-3-1-2-13(10-14)18-11-17(20-21-18)12-4-6-15(7-5-12)22-24-23-16-8-9-16/h1-3,10-12,15-16,22-23H,4-9H2,(H,20,21). The number of hydrogen-bond donors (Lipinski definition) is 3. The summed E-state index contributed by atoms with van der Waals surface area (Å²) in [5, 5.41) is 7.54. The van der Waals surface area contributed by atoms with Crippen molar-refractivity contribution in [1.29, 1.82) is 0 Å². The monoisotopic (exact) mass is 346 g/mol. The van der Waals surface area contributed by atoms with Gasteiger partial charge in [-0.2, -0.15) is 5.10 Å². The number of benzene rings is 1. The van der Waals surface area contributed by atoms with Gasteiger partial charge in [-0.3, -0.25) is 5.10 Å². The molecule has 1 heterocycles. The predicted molar refractivity (Wildman–Crippen MR) is 95.9 cm³/mol. The Morgan fingerprint density at radius 2 is 1.71 bits per heavy atom. The van der Waals surface area contributed by atoms with Crippen molar-refractivity contribution >= 4 is 12.1 Å². The van der Waals surface area contributed by atoms with Crippen LogP contribution in [-0.2, 0) is 0 Å². The maximum atomic E-state index is 13.4. The number of aromatic nitrogens is 2. The van der Waals surface area contributed by atoms with Crippen molar-refractivity contribution in [1.82, 2.24) is 19.6 Å². The van der Waals surface area contributed by atoms with Crippen LogP contribution in [-0.4, -0.2) is 22.3 Å². The third-order valence-electron chi connectivity index (χ3n) is 4.91. The molecular weight excluding hydrogens is 323 g/mol. The maximum Gasteiger partial charge on any atom is 0.123 e. The van der Waals surface area contributed by atoms with Gasteiger partial charge in [0.1, 0.15) is 5.82 Å². The largest absolute Gasteiger partial charge is 0.282 e. The summed E-state index contributed by atoms with van der Waals surface area (Å²) in [5.41, 5.74) is 2.83. The van der Waals surface area contributed by atoms with Crippen LogP contribution in [0, 0.1) is 5.82 Å². The molecule has 6 heteroatoms. The number of aromatic amines is 1. The van der Waals surface area contributed by atoms with E-state index in [2.05, 4.69) is 25.7 Å². The first-order chi connectivity index (χ1) is 11.8. The summed E-state index contributed by atoms with van der Waals surface area (Å²) in [4.78, 5) is 0. The highest BCUT2D eigenvalue weighted by Gasteiger charge is 2.25. The summed E-state index contributed by atoms with van der Waals surface area (Å²) in [6.07, 6.45) is 7.30. The topological polar surface area (TPSA) is 52.7 Å². The van der Waals surface area contributed by atoms with Crippen LogP contribution >= 0.6 is 12.1 Å². The Hall–Kier alpha value is -1.37. The van der Waals surface area contributed by atoms with Gasteiger partial charge in [0.25, 0.3) is 0 Å². The van der Waals surface area contributed by atoms with Crippen LogP contribution in [0.25, 0.3) is 11.3 Å². The zero-order valence-corrected chi connectivity index (χ0v) is 14.4. The highest BCUT2D eigenvalue weighted by Crippen LogP contribution is 2.34. The van der Waals surface area contributed by atoms with Crippen LogP contribution in [0.4, 0.5) is 4.39 Å². The van der Waals surface area contributed by atoms with Gasteiger partial charge in [-0.1, -0.05) is 12.1 Å². The molecule has 4 nitrogen and oxygen atoms in total. The summed E-state index contributed by atoms with van der Waals surface area (Å²) in [7, 11) is 0. The van der Waals surface area contributed by atoms with Crippen molar-refractivity contribution < 1.29 is 4.39 Å². The quantitative estimate of drug-likeness (QED) is 0.688. The van der Waals surface area contributed by atoms with Crippen molar-refractivity contribution in [2.24, 2.45) is 0 Å². The number of hydrogen-bond acceptors (Lipinski definition) is 4. The van der Waals surface area contributed by atoms with Gasteiger partial charge >= 0.3 is 0 Å². The third kappa shape index (κ3) is 3.99. The number of nitrogens with one attached hydrogen (secondary N) is 3. The Kier molecular flexibility index (Phi) is 4.87. The number of nitrogens with zero attached hydrogens (tertiary/aromatic N) is 1. The van der Waals surface area contributed by atoms with Crippen LogP contribution in [0.5, 0.6) is 0 Å². The molecule has 2 aliphatic rings. The maximum absolute atomic E-state index is 13.4. The molecule has 2 aliphatic carbocycles. The van der Waals surface area contributed by atoms with E-state index in [0.717, 1.165) is 30.1 Å². The predicted octanol–water partition coefficient (Wildman–Crippen LogP) is 4.15. The molecule has 1 aromatic carbocycles. The summed E-state index contributed by atoms with van der Waals surface area (Å²) < 4.78 is 20.3. The molecule has 1 aromatic heterocycles. The van der Waals surface area contributed by atoms with Gasteiger partial charge in [-0.05, 0) is 56.7 Å². The first kappa shape index (κ1) is 16.1. The fourth-order valence-corrected chi connectivity index (χ4v) is 4.14. The van der Waals surface area contributed by atoms with Gasteiger partial charge in [0.15, 0.2) is 0 Å². The minimum Gasteiger partial charge on any atom is -0.282 e. The molecule has 0 radical (unpaired) electrons. The molecule has 0 aliphatic heterocycles. The lowest BCUT2D eigenvalue weighted by Gasteiger charge is -2.28. The average molecular weight is 346 g/mol. The Balaban J connectivity index is 1.31. The fourth-order valence-electron chi connectivity index (χ4n) is 3.27. The van der Waals surface area contributed by atoms with Gasteiger partial charge in [0.2, 0.25) is 0 Å². The molecule has 0 unspecified atom stereocenters. The third-order valence-corrected chi connectivity index (χ3v) is 5.82. The summed E-state index contributed by atoms with van der Waals surface area (Å²) in [6, 6.07) is 10.0. The van der Waals surface area contributed by atoms with E-state index in [1.807, 2.05) is 6.07 Å². The lowest BCUT2D eigenvalue weighted by Crippen LogP contribution is -2.30. The van der Waals surface area contributed by atoms with Crippen molar-refractivity contribution in [3.8, 4) is 11.3 Å². The molecular formula is C18H23FN4S. The van der Waals surface area contributed by atoms with Crippen LogP contribution in [0.1, 0.15) is 50.1 Å². The zero-order chi connectivity index (χ0) is 16.4. The highest BCUT2D eigenvalue weighted by molar-refractivity contribution is 7.95. The lowest BCUT2D eigenvalue weighted by molar-refractivity contribution is 0.376. The van der Waals surface area contributed by atoms with E-state index in [0.29, 0.717) is 12.0 Å². The van der Waals surface area contributed by atoms with Crippen LogP contribution in [0.3, 0.4) is 0 Å². The van der Waals surface area contributed by atoms with E-state index in [1.54, 1.807) is 18.2 Å². The Morgan fingerprint density at radius 1 is 1.00 bits per heavy atom. The number of halogens is 1. The van der Waals surface area contributed by atoms with Crippen LogP contribution in [0.15, 0.2) is 30.3 Å². The smallest absolute Gasteiger partial charge is 0.123 e. The molecule has 0 atom stereocenters. The molecule has 3 N–H and O–H groups in total. The minimum absolute atomic E-state index is 0.221. The minimum atomic E-state index is -0.221. The average Bonchev–Trinajstić information content (AvgIpc) is 3.29. The number of H-pyrrole nitrogens is 1. The van der Waals surface area contributed by atoms with Gasteiger partial charge in [0.05, 0.1) is 5.69 Å². The van der Waals surface area contributed by atoms with E-state index < -0.39 is 0 Å². The molecule has 2 aromatic rings. The second-order valence-corrected chi connectivity index (χ2v) is 7.55. The summed E-state index contributed by atoms with van der Waals surface area (Å²) in [5.74, 6) is 0.306. The van der Waals surface area contributed by atoms with E-state index in [1.165, 1.54) is 43.5 Å². The van der Waals surface area contributed by atoms with Crippen LogP contribution < -0.4 is 9.44 Å². The molecule has 24 heavy (non-hydrogen) atoms. The number of rotatable bonds is 6. The van der Waals surface area contributed by atoms with E-state index in [-0.39, 0.29) is 5.82 Å². The lowest BCUT2D eigenvalue weighted by atomic mass is 9.84. The Labute approximate surface area is 146 Å². The van der Waals surface area contributed by atoms with E-state index in [4.69, 9.17) is 0 Å². The molecule has 128 valence electrons. The first-order valence-corrected chi connectivity index (χ1v) is 9.58. The molecule has 0 saturated heterocycles. The van der Waals surface area contributed by atoms with Crippen molar-refractivity contribution in [2.75, 3.05) is 0 Å². The van der Waals surface area contributed by atoms with Crippen molar-refractivity contribution in [2.45, 2.75) is 56.5 Å². The molecule has 4 rings (SSSR count). The molecule has 2 fully saturated rings. The van der Waals surface area contributed by atoms with E-state index in [9.17, 15) is 4.39 Å². The summed E-state index contributed by atoms with van der Waals surface area (Å²) >= 11 is 1.67. The molecule has 2 saturated carbocycles. The van der Waals surface area contributed by atoms with E-state index >= 15 is 0 Å². The fraction of sp³-hybridized carbons (Fsp3) is 0.500. The van der Waals surface area contributed by atoms with Crippen LogP contribution in [0.2, 0.25) is 0 Å². The molecule has 0 spiro atoms.